The van der Waals surface area contributed by atoms with E-state index in [4.69, 9.17) is 9.47 Å². The molecule has 0 bridgehead atoms. The number of H-pyrrole nitrogens is 1. The molecular formula is C23H20FN3O3. The molecule has 6 rings (SSSR count). The molecule has 1 fully saturated rings. The third kappa shape index (κ3) is 2.45. The largest absolute Gasteiger partial charge is 0.494 e. The van der Waals surface area contributed by atoms with E-state index >= 15 is 0 Å². The highest BCUT2D eigenvalue weighted by atomic mass is 19.1. The van der Waals surface area contributed by atoms with Gasteiger partial charge in [-0.25, -0.2) is 4.39 Å². The minimum absolute atomic E-state index is 0.0213. The second kappa shape index (κ2) is 6.15. The number of carbonyl (C=O) groups is 1. The fourth-order valence-electron chi connectivity index (χ4n) is 4.85. The first-order valence-corrected chi connectivity index (χ1v) is 10.0. The molecule has 3 aliphatic rings. The Labute approximate surface area is 172 Å². The molecule has 2 aromatic heterocycles. The summed E-state index contributed by atoms with van der Waals surface area (Å²) in [5, 5.41) is 3.15. The Hall–Kier alpha value is -3.19. The second-order valence-corrected chi connectivity index (χ2v) is 8.31. The summed E-state index contributed by atoms with van der Waals surface area (Å²) in [4.78, 5) is 21.0. The summed E-state index contributed by atoms with van der Waals surface area (Å²) >= 11 is 0. The zero-order valence-electron chi connectivity index (χ0n) is 16.5. The van der Waals surface area contributed by atoms with Crippen molar-refractivity contribution in [1.82, 2.24) is 15.3 Å². The van der Waals surface area contributed by atoms with Gasteiger partial charge in [0.05, 0.1) is 42.8 Å². The molecule has 0 saturated carbocycles. The Morgan fingerprint density at radius 1 is 1.23 bits per heavy atom. The molecule has 1 aliphatic carbocycles. The van der Waals surface area contributed by atoms with E-state index in [0.717, 1.165) is 52.9 Å². The number of methoxy groups -OCH3 is 1. The van der Waals surface area contributed by atoms with Crippen molar-refractivity contribution in [2.24, 2.45) is 0 Å². The van der Waals surface area contributed by atoms with Gasteiger partial charge in [0.25, 0.3) is 5.91 Å². The summed E-state index contributed by atoms with van der Waals surface area (Å²) < 4.78 is 24.6. The molecule has 2 aliphatic heterocycles. The minimum atomic E-state index is -0.421. The lowest BCUT2D eigenvalue weighted by molar-refractivity contribution is -0.0713. The van der Waals surface area contributed by atoms with Crippen LogP contribution in [0.5, 0.6) is 5.75 Å². The highest BCUT2D eigenvalue weighted by Gasteiger charge is 2.46. The minimum Gasteiger partial charge on any atom is -0.494 e. The monoisotopic (exact) mass is 405 g/mol. The molecule has 30 heavy (non-hydrogen) atoms. The van der Waals surface area contributed by atoms with Gasteiger partial charge < -0.3 is 19.8 Å². The fourth-order valence-corrected chi connectivity index (χ4v) is 4.85. The SMILES string of the molecule is COc1ccc(-c2cc3c(cn2)CCc2c-3[nH]c3c2C(=O)NC2(COC2)C3)cc1F. The first-order chi connectivity index (χ1) is 14.6. The van der Waals surface area contributed by atoms with E-state index in [1.54, 1.807) is 12.1 Å². The van der Waals surface area contributed by atoms with Crippen LogP contribution in [0.3, 0.4) is 0 Å². The van der Waals surface area contributed by atoms with Crippen LogP contribution in [0.2, 0.25) is 0 Å². The maximum Gasteiger partial charge on any atom is 0.254 e. The predicted molar refractivity (Wildman–Crippen MR) is 108 cm³/mol. The number of aromatic amines is 1. The molecule has 1 spiro atoms. The number of rotatable bonds is 2. The summed E-state index contributed by atoms with van der Waals surface area (Å²) in [6.07, 6.45) is 4.22. The molecule has 4 heterocycles. The highest BCUT2D eigenvalue weighted by Crippen LogP contribution is 2.41. The molecule has 1 amide bonds. The Bertz CT molecular complexity index is 1210. The maximum absolute atomic E-state index is 14.2. The van der Waals surface area contributed by atoms with Gasteiger partial charge in [-0.3, -0.25) is 9.78 Å². The molecule has 0 radical (unpaired) electrons. The van der Waals surface area contributed by atoms with Crippen molar-refractivity contribution < 1.29 is 18.7 Å². The van der Waals surface area contributed by atoms with Crippen LogP contribution in [-0.4, -0.2) is 41.7 Å². The van der Waals surface area contributed by atoms with Crippen molar-refractivity contribution in [3.63, 3.8) is 0 Å². The molecule has 0 unspecified atom stereocenters. The number of amides is 1. The zero-order valence-corrected chi connectivity index (χ0v) is 16.5. The molecule has 2 N–H and O–H groups in total. The average Bonchev–Trinajstić information content (AvgIpc) is 3.11. The second-order valence-electron chi connectivity index (χ2n) is 8.31. The number of nitrogens with zero attached hydrogens (tertiary/aromatic N) is 1. The number of hydrogen-bond donors (Lipinski definition) is 2. The first-order valence-electron chi connectivity index (χ1n) is 10.0. The van der Waals surface area contributed by atoms with Crippen LogP contribution < -0.4 is 10.1 Å². The number of aromatic nitrogens is 2. The van der Waals surface area contributed by atoms with Gasteiger partial charge in [-0.05, 0) is 48.2 Å². The Morgan fingerprint density at radius 3 is 2.83 bits per heavy atom. The summed E-state index contributed by atoms with van der Waals surface area (Å²) in [6.45, 7) is 1.10. The van der Waals surface area contributed by atoms with Crippen molar-refractivity contribution in [2.45, 2.75) is 24.8 Å². The molecular weight excluding hydrogens is 385 g/mol. The third-order valence-corrected chi connectivity index (χ3v) is 6.41. The lowest BCUT2D eigenvalue weighted by Gasteiger charge is -2.44. The number of aryl methyl sites for hydroxylation is 1. The van der Waals surface area contributed by atoms with Crippen LogP contribution in [-0.2, 0) is 24.0 Å². The number of carbonyl (C=O) groups excluding carboxylic acids is 1. The summed E-state index contributed by atoms with van der Waals surface area (Å²) in [7, 11) is 1.44. The topological polar surface area (TPSA) is 76.2 Å². The van der Waals surface area contributed by atoms with Crippen molar-refractivity contribution in [2.75, 3.05) is 20.3 Å². The Kier molecular flexibility index (Phi) is 3.62. The van der Waals surface area contributed by atoms with Gasteiger partial charge in [0.1, 0.15) is 0 Å². The van der Waals surface area contributed by atoms with E-state index in [1.807, 2.05) is 12.3 Å². The summed E-state index contributed by atoms with van der Waals surface area (Å²) in [6, 6.07) is 6.82. The number of fused-ring (bicyclic) bond motifs is 5. The third-order valence-electron chi connectivity index (χ3n) is 6.41. The van der Waals surface area contributed by atoms with Crippen molar-refractivity contribution in [3.05, 3.63) is 58.7 Å². The number of hydrogen-bond acceptors (Lipinski definition) is 4. The fraction of sp³-hybridized carbons (Fsp3) is 0.304. The number of ether oxygens (including phenoxy) is 2. The van der Waals surface area contributed by atoms with Crippen molar-refractivity contribution in [3.8, 4) is 28.3 Å². The van der Waals surface area contributed by atoms with Gasteiger partial charge in [0.2, 0.25) is 0 Å². The quantitative estimate of drug-likeness (QED) is 0.687. The van der Waals surface area contributed by atoms with Crippen molar-refractivity contribution >= 4 is 5.91 Å². The first kappa shape index (κ1) is 17.7. The van der Waals surface area contributed by atoms with Gasteiger partial charge >= 0.3 is 0 Å². The van der Waals surface area contributed by atoms with Crippen LogP contribution in [0, 0.1) is 5.82 Å². The normalized spacial score (nSPS) is 18.1. The van der Waals surface area contributed by atoms with Gasteiger partial charge in [0, 0.05) is 29.4 Å². The van der Waals surface area contributed by atoms with Crippen LogP contribution >= 0.6 is 0 Å². The van der Waals surface area contributed by atoms with Gasteiger partial charge in [0.15, 0.2) is 11.6 Å². The molecule has 1 aromatic carbocycles. The molecule has 1 saturated heterocycles. The van der Waals surface area contributed by atoms with E-state index in [1.165, 1.54) is 13.2 Å². The smallest absolute Gasteiger partial charge is 0.254 e. The van der Waals surface area contributed by atoms with Crippen LogP contribution in [0.25, 0.3) is 22.5 Å². The van der Waals surface area contributed by atoms with Crippen LogP contribution in [0.4, 0.5) is 4.39 Å². The van der Waals surface area contributed by atoms with E-state index < -0.39 is 5.82 Å². The molecule has 152 valence electrons. The highest BCUT2D eigenvalue weighted by molar-refractivity contribution is 6.01. The van der Waals surface area contributed by atoms with E-state index in [-0.39, 0.29) is 17.2 Å². The summed E-state index contributed by atoms with van der Waals surface area (Å²) in [5.74, 6) is -0.238. The predicted octanol–water partition coefficient (Wildman–Crippen LogP) is 3.04. The number of pyridine rings is 1. The van der Waals surface area contributed by atoms with E-state index in [0.29, 0.717) is 24.5 Å². The average molecular weight is 405 g/mol. The van der Waals surface area contributed by atoms with Crippen molar-refractivity contribution in [1.29, 1.82) is 0 Å². The lowest BCUT2D eigenvalue weighted by Crippen LogP contribution is -2.65. The van der Waals surface area contributed by atoms with Gasteiger partial charge in [-0.1, -0.05) is 0 Å². The number of benzene rings is 1. The standard InChI is InChI=1S/C23H20FN3O3/c1-29-19-5-3-12(6-16(19)24)17-7-15-13(9-25-17)2-4-14-20-18(26-21(14)15)8-23(10-30-11-23)27-22(20)28/h3,5-7,9,26H,2,4,8,10-11H2,1H3,(H,27,28). The molecule has 3 aromatic rings. The van der Waals surface area contributed by atoms with E-state index in [9.17, 15) is 9.18 Å². The summed E-state index contributed by atoms with van der Waals surface area (Å²) in [5.41, 5.74) is 7.04. The Balaban J connectivity index is 1.45. The number of nitrogens with one attached hydrogen (secondary N) is 2. The maximum atomic E-state index is 14.2. The van der Waals surface area contributed by atoms with Crippen LogP contribution in [0.15, 0.2) is 30.5 Å². The van der Waals surface area contributed by atoms with E-state index in [2.05, 4.69) is 15.3 Å². The van der Waals surface area contributed by atoms with Gasteiger partial charge in [-0.2, -0.15) is 0 Å². The molecule has 0 atom stereocenters. The lowest BCUT2D eigenvalue weighted by atomic mass is 9.83. The molecule has 6 nitrogen and oxygen atoms in total. The van der Waals surface area contributed by atoms with Crippen LogP contribution in [0.1, 0.15) is 27.2 Å². The zero-order chi connectivity index (χ0) is 20.5. The Morgan fingerprint density at radius 2 is 2.10 bits per heavy atom. The molecule has 7 heteroatoms. The number of halogens is 1. The van der Waals surface area contributed by atoms with Gasteiger partial charge in [-0.15, -0.1) is 0 Å².